The third-order valence-corrected chi connectivity index (χ3v) is 2.23. The Balaban J connectivity index is 2.82. The maximum Gasteiger partial charge on any atom is 0.223 e. The number of nitrogens with two attached hydrogens (primary N) is 2. The highest BCUT2D eigenvalue weighted by atomic mass is 16.3. The van der Waals surface area contributed by atoms with E-state index in [9.17, 15) is 0 Å². The van der Waals surface area contributed by atoms with Gasteiger partial charge >= 0.3 is 0 Å². The molecule has 90 valence electrons. The van der Waals surface area contributed by atoms with E-state index in [1.54, 1.807) is 6.07 Å². The smallest absolute Gasteiger partial charge is 0.223 e. The van der Waals surface area contributed by atoms with Crippen molar-refractivity contribution in [2.24, 2.45) is 0 Å². The first kappa shape index (κ1) is 12.5. The van der Waals surface area contributed by atoms with E-state index in [2.05, 4.69) is 16.9 Å². The summed E-state index contributed by atoms with van der Waals surface area (Å²) < 4.78 is 0. The van der Waals surface area contributed by atoms with Crippen LogP contribution in [0.15, 0.2) is 6.07 Å². The number of rotatable bonds is 6. The van der Waals surface area contributed by atoms with Crippen LogP contribution in [0, 0.1) is 0 Å². The molecule has 0 amide bonds. The first-order valence-electron chi connectivity index (χ1n) is 5.43. The van der Waals surface area contributed by atoms with E-state index in [4.69, 9.17) is 16.6 Å². The van der Waals surface area contributed by atoms with Gasteiger partial charge in [0.05, 0.1) is 6.61 Å². The molecule has 0 saturated carbocycles. The fourth-order valence-corrected chi connectivity index (χ4v) is 1.44. The Morgan fingerprint density at radius 2 is 2.06 bits per heavy atom. The zero-order chi connectivity index (χ0) is 12.0. The van der Waals surface area contributed by atoms with Gasteiger partial charge < -0.3 is 21.5 Å². The molecule has 0 aromatic carbocycles. The van der Waals surface area contributed by atoms with Crippen LogP contribution >= 0.6 is 0 Å². The number of aliphatic hydroxyl groups excluding tert-OH is 1. The van der Waals surface area contributed by atoms with Gasteiger partial charge in [0, 0.05) is 19.2 Å². The Kier molecular flexibility index (Phi) is 4.78. The van der Waals surface area contributed by atoms with Crippen LogP contribution in [0.4, 0.5) is 17.6 Å². The summed E-state index contributed by atoms with van der Waals surface area (Å²) in [7, 11) is 0. The van der Waals surface area contributed by atoms with Gasteiger partial charge in [0.25, 0.3) is 0 Å². The van der Waals surface area contributed by atoms with E-state index in [0.717, 1.165) is 19.4 Å². The highest BCUT2D eigenvalue weighted by molar-refractivity contribution is 5.50. The van der Waals surface area contributed by atoms with Gasteiger partial charge in [0.1, 0.15) is 11.6 Å². The Labute approximate surface area is 95.3 Å². The lowest BCUT2D eigenvalue weighted by atomic mass is 10.3. The minimum Gasteiger partial charge on any atom is -0.395 e. The molecule has 0 aliphatic heterocycles. The van der Waals surface area contributed by atoms with Crippen molar-refractivity contribution in [3.8, 4) is 0 Å². The van der Waals surface area contributed by atoms with Crippen molar-refractivity contribution < 1.29 is 5.11 Å². The maximum absolute atomic E-state index is 8.99. The molecular weight excluding hydrogens is 206 g/mol. The average molecular weight is 225 g/mol. The molecule has 1 aromatic heterocycles. The molecule has 0 aliphatic rings. The molecule has 1 rings (SSSR count). The van der Waals surface area contributed by atoms with E-state index in [-0.39, 0.29) is 12.6 Å². The van der Waals surface area contributed by atoms with Gasteiger partial charge in [-0.25, -0.2) is 0 Å². The number of hydrogen-bond acceptors (Lipinski definition) is 6. The molecule has 0 unspecified atom stereocenters. The molecule has 6 nitrogen and oxygen atoms in total. The molecule has 0 bridgehead atoms. The van der Waals surface area contributed by atoms with E-state index < -0.39 is 0 Å². The average Bonchev–Trinajstić information content (AvgIpc) is 2.22. The van der Waals surface area contributed by atoms with Crippen LogP contribution in [0.5, 0.6) is 0 Å². The summed E-state index contributed by atoms with van der Waals surface area (Å²) in [5, 5.41) is 8.99. The quantitative estimate of drug-likeness (QED) is 0.641. The molecule has 0 spiro atoms. The zero-order valence-electron chi connectivity index (χ0n) is 9.56. The van der Waals surface area contributed by atoms with E-state index in [1.807, 2.05) is 4.90 Å². The normalized spacial score (nSPS) is 10.4. The minimum absolute atomic E-state index is 0.0769. The number of nitrogens with zero attached hydrogens (tertiary/aromatic N) is 3. The highest BCUT2D eigenvalue weighted by Gasteiger charge is 2.08. The summed E-state index contributed by atoms with van der Waals surface area (Å²) in [6, 6.07) is 1.67. The maximum atomic E-state index is 8.99. The molecular formula is C10H19N5O. The van der Waals surface area contributed by atoms with Crippen molar-refractivity contribution >= 4 is 17.6 Å². The van der Waals surface area contributed by atoms with Crippen LogP contribution < -0.4 is 16.4 Å². The number of nitrogen functional groups attached to an aromatic ring is 2. The Hall–Kier alpha value is -1.56. The van der Waals surface area contributed by atoms with Crippen molar-refractivity contribution in [2.75, 3.05) is 36.1 Å². The summed E-state index contributed by atoms with van der Waals surface area (Å²) in [5.41, 5.74) is 11.1. The predicted molar refractivity (Wildman–Crippen MR) is 65.1 cm³/mol. The fraction of sp³-hybridized carbons (Fsp3) is 0.600. The molecule has 0 saturated heterocycles. The molecule has 0 radical (unpaired) electrons. The van der Waals surface area contributed by atoms with E-state index >= 15 is 0 Å². The van der Waals surface area contributed by atoms with Crippen molar-refractivity contribution in [3.63, 3.8) is 0 Å². The van der Waals surface area contributed by atoms with Crippen molar-refractivity contribution in [3.05, 3.63) is 6.07 Å². The monoisotopic (exact) mass is 225 g/mol. The van der Waals surface area contributed by atoms with E-state index in [0.29, 0.717) is 18.2 Å². The van der Waals surface area contributed by atoms with Crippen LogP contribution in [0.3, 0.4) is 0 Å². The molecule has 1 heterocycles. The molecule has 0 aliphatic carbocycles. The second-order valence-corrected chi connectivity index (χ2v) is 3.57. The molecule has 5 N–H and O–H groups in total. The van der Waals surface area contributed by atoms with Crippen LogP contribution in [0.2, 0.25) is 0 Å². The largest absolute Gasteiger partial charge is 0.395 e. The van der Waals surface area contributed by atoms with E-state index in [1.165, 1.54) is 0 Å². The third kappa shape index (κ3) is 3.54. The SMILES string of the molecule is CCCCN(CCO)c1cc(N)nc(N)n1. The van der Waals surface area contributed by atoms with Gasteiger partial charge in [-0.2, -0.15) is 9.97 Å². The summed E-state index contributed by atoms with van der Waals surface area (Å²) in [5.74, 6) is 1.18. The fourth-order valence-electron chi connectivity index (χ4n) is 1.44. The van der Waals surface area contributed by atoms with Gasteiger partial charge in [-0.3, -0.25) is 0 Å². The molecule has 6 heteroatoms. The summed E-state index contributed by atoms with van der Waals surface area (Å²) in [6.07, 6.45) is 2.11. The number of unbranched alkanes of at least 4 members (excludes halogenated alkanes) is 1. The molecule has 1 aromatic rings. The van der Waals surface area contributed by atoms with Gasteiger partial charge in [-0.05, 0) is 6.42 Å². The Morgan fingerprint density at radius 1 is 1.31 bits per heavy atom. The third-order valence-electron chi connectivity index (χ3n) is 2.23. The van der Waals surface area contributed by atoms with Gasteiger partial charge in [0.2, 0.25) is 5.95 Å². The number of aliphatic hydroxyl groups is 1. The molecule has 0 atom stereocenters. The molecule has 16 heavy (non-hydrogen) atoms. The van der Waals surface area contributed by atoms with Crippen LogP contribution in [-0.4, -0.2) is 34.8 Å². The first-order valence-corrected chi connectivity index (χ1v) is 5.43. The predicted octanol–water partition coefficient (Wildman–Crippen LogP) is 0.240. The standard InChI is InChI=1S/C10H19N5O/c1-2-3-4-15(5-6-16)9-7-8(11)13-10(12)14-9/h7,16H,2-6H2,1H3,(H4,11,12,13,14). The van der Waals surface area contributed by atoms with Crippen molar-refractivity contribution in [1.29, 1.82) is 0 Å². The van der Waals surface area contributed by atoms with Crippen LogP contribution in [0.25, 0.3) is 0 Å². The Bertz CT molecular complexity index is 311. The van der Waals surface area contributed by atoms with Gasteiger partial charge in [0.15, 0.2) is 0 Å². The zero-order valence-corrected chi connectivity index (χ0v) is 9.56. The van der Waals surface area contributed by atoms with Crippen LogP contribution in [0.1, 0.15) is 19.8 Å². The van der Waals surface area contributed by atoms with Gasteiger partial charge in [-0.15, -0.1) is 0 Å². The number of hydrogen-bond donors (Lipinski definition) is 3. The lowest BCUT2D eigenvalue weighted by Crippen LogP contribution is -2.29. The molecule has 0 fully saturated rings. The Morgan fingerprint density at radius 3 is 2.62 bits per heavy atom. The number of anilines is 3. The first-order chi connectivity index (χ1) is 7.67. The summed E-state index contributed by atoms with van der Waals surface area (Å²) >= 11 is 0. The van der Waals surface area contributed by atoms with Crippen molar-refractivity contribution in [2.45, 2.75) is 19.8 Å². The highest BCUT2D eigenvalue weighted by Crippen LogP contribution is 2.15. The second-order valence-electron chi connectivity index (χ2n) is 3.57. The summed E-state index contributed by atoms with van der Waals surface area (Å²) in [4.78, 5) is 9.88. The van der Waals surface area contributed by atoms with Crippen LogP contribution in [-0.2, 0) is 0 Å². The van der Waals surface area contributed by atoms with Gasteiger partial charge in [-0.1, -0.05) is 13.3 Å². The van der Waals surface area contributed by atoms with Crippen molar-refractivity contribution in [1.82, 2.24) is 9.97 Å². The lowest BCUT2D eigenvalue weighted by molar-refractivity contribution is 0.301. The lowest BCUT2D eigenvalue weighted by Gasteiger charge is -2.22. The topological polar surface area (TPSA) is 101 Å². The minimum atomic E-state index is 0.0769. The second kappa shape index (κ2) is 6.12. The number of aromatic nitrogens is 2. The summed E-state index contributed by atoms with van der Waals surface area (Å²) in [6.45, 7) is 3.54.